The fraction of sp³-hybridized carbons (Fsp3) is 0.357. The standard InChI is InChI=1S/C23H22F7IN2O4S.C19H23NO3/c1-12-10-13(21(24,22(25,26)27)23(28,29)30)8-9-16(12)32-18(34)14-6-5-7-15(31)17(14)19(35)33-20(2,3)11-38(4,36)37;1-13-9-10-14(2)17(11-13)23-12-15-7-5-6-8-16(15)18(22-4)19(21)20-3/h5-10H,11H2,1-4H3,(H,32,34)(H,33,35);5-11,18H,12H2,1-4H3,(H,20,21). The zero-order valence-corrected chi connectivity index (χ0v) is 37.3. The number of hydrogen-bond acceptors (Lipinski definition) is 7. The van der Waals surface area contributed by atoms with Gasteiger partial charge in [0.05, 0.1) is 16.9 Å². The van der Waals surface area contributed by atoms with Crippen LogP contribution in [0.25, 0.3) is 0 Å². The normalized spacial score (nSPS) is 12.7. The maximum Gasteiger partial charge on any atom is 0.435 e. The van der Waals surface area contributed by atoms with Gasteiger partial charge in [-0.2, -0.15) is 26.3 Å². The van der Waals surface area contributed by atoms with Crippen LogP contribution in [-0.4, -0.2) is 70.2 Å². The third-order valence-electron chi connectivity index (χ3n) is 9.00. The number of alkyl halides is 7. The number of hydrogen-bond donors (Lipinski definition) is 3. The second-order valence-corrected chi connectivity index (χ2v) is 18.0. The van der Waals surface area contributed by atoms with Crippen LogP contribution in [0.2, 0.25) is 0 Å². The van der Waals surface area contributed by atoms with Crippen LogP contribution in [0.1, 0.15) is 74.0 Å². The lowest BCUT2D eigenvalue weighted by atomic mass is 9.92. The molecule has 1 atom stereocenters. The van der Waals surface area contributed by atoms with Gasteiger partial charge in [0.1, 0.15) is 22.2 Å². The first kappa shape index (κ1) is 50.6. The van der Waals surface area contributed by atoms with Crippen molar-refractivity contribution in [2.24, 2.45) is 0 Å². The highest BCUT2D eigenvalue weighted by molar-refractivity contribution is 14.1. The molecule has 0 aromatic heterocycles. The monoisotopic (exact) mass is 995 g/mol. The number of amides is 3. The Balaban J connectivity index is 0.000000367. The van der Waals surface area contributed by atoms with Crippen LogP contribution in [0.3, 0.4) is 0 Å². The molecule has 10 nitrogen and oxygen atoms in total. The topological polar surface area (TPSA) is 140 Å². The van der Waals surface area contributed by atoms with Gasteiger partial charge in [-0.25, -0.2) is 12.8 Å². The van der Waals surface area contributed by atoms with Gasteiger partial charge in [-0.05, 0) is 109 Å². The number of likely N-dealkylation sites (N-methyl/N-ethyl adjacent to an activating group) is 1. The molecule has 3 amide bonds. The van der Waals surface area contributed by atoms with Gasteiger partial charge in [-0.1, -0.05) is 54.6 Å². The number of benzene rings is 4. The number of rotatable bonds is 13. The van der Waals surface area contributed by atoms with Crippen molar-refractivity contribution >= 4 is 55.8 Å². The number of methoxy groups -OCH3 is 1. The lowest BCUT2D eigenvalue weighted by Gasteiger charge is -2.30. The summed E-state index contributed by atoms with van der Waals surface area (Å²) in [6, 6.07) is 19.2. The lowest BCUT2D eigenvalue weighted by molar-refractivity contribution is -0.348. The second kappa shape index (κ2) is 20.0. The van der Waals surface area contributed by atoms with Crippen LogP contribution in [-0.2, 0) is 31.6 Å². The van der Waals surface area contributed by atoms with Crippen molar-refractivity contribution in [3.05, 3.63) is 127 Å². The Labute approximate surface area is 363 Å². The lowest BCUT2D eigenvalue weighted by Crippen LogP contribution is -2.50. The zero-order chi connectivity index (χ0) is 46.3. The first-order valence-electron chi connectivity index (χ1n) is 18.1. The highest BCUT2D eigenvalue weighted by atomic mass is 127. The summed E-state index contributed by atoms with van der Waals surface area (Å²) in [6.07, 6.45) is -12.2. The minimum atomic E-state index is -6.30. The van der Waals surface area contributed by atoms with Crippen molar-refractivity contribution in [2.45, 2.75) is 70.9 Å². The van der Waals surface area contributed by atoms with E-state index >= 15 is 0 Å². The summed E-state index contributed by atoms with van der Waals surface area (Å²) in [5, 5.41) is 7.47. The highest BCUT2D eigenvalue weighted by Crippen LogP contribution is 2.53. The highest BCUT2D eigenvalue weighted by Gasteiger charge is 2.73. The number of halogens is 8. The maximum atomic E-state index is 14.4. The SMILES string of the molecule is CNC(=O)C(OC)c1ccccc1COc1cc(C)ccc1C.Cc1cc(C(F)(C(F)(F)F)C(F)(F)F)ccc1NC(=O)c1cccc(I)c1C(=O)NC(C)(C)CS(C)(=O)=O. The Morgan fingerprint density at radius 3 is 1.98 bits per heavy atom. The van der Waals surface area contributed by atoms with Crippen molar-refractivity contribution in [2.75, 3.05) is 31.5 Å². The summed E-state index contributed by atoms with van der Waals surface area (Å²) >= 11 is 1.77. The Kier molecular flexibility index (Phi) is 16.6. The number of ether oxygens (including phenoxy) is 2. The molecule has 3 N–H and O–H groups in total. The molecule has 4 aromatic rings. The van der Waals surface area contributed by atoms with E-state index in [1.807, 2.05) is 50.2 Å². The molecule has 61 heavy (non-hydrogen) atoms. The van der Waals surface area contributed by atoms with Crippen LogP contribution in [0.5, 0.6) is 5.75 Å². The molecule has 0 fully saturated rings. The zero-order valence-electron chi connectivity index (χ0n) is 34.3. The summed E-state index contributed by atoms with van der Waals surface area (Å²) < 4.78 is 128. The molecule has 0 aliphatic rings. The maximum absolute atomic E-state index is 14.4. The Morgan fingerprint density at radius 2 is 1.43 bits per heavy atom. The minimum absolute atomic E-state index is 0.140. The summed E-state index contributed by atoms with van der Waals surface area (Å²) in [4.78, 5) is 38.0. The molecule has 0 saturated heterocycles. The van der Waals surface area contributed by atoms with E-state index in [0.29, 0.717) is 22.3 Å². The summed E-state index contributed by atoms with van der Waals surface area (Å²) in [7, 11) is -0.357. The van der Waals surface area contributed by atoms with E-state index in [0.717, 1.165) is 41.2 Å². The summed E-state index contributed by atoms with van der Waals surface area (Å²) in [5.41, 5.74) is -5.46. The number of carbonyl (C=O) groups excluding carboxylic acids is 3. The largest absolute Gasteiger partial charge is 0.489 e. The third-order valence-corrected chi connectivity index (χ3v) is 11.1. The van der Waals surface area contributed by atoms with Crippen molar-refractivity contribution < 1.29 is 63.0 Å². The number of nitrogens with one attached hydrogen (secondary N) is 3. The molecule has 0 radical (unpaired) electrons. The number of sulfone groups is 1. The van der Waals surface area contributed by atoms with Gasteiger partial charge >= 0.3 is 18.0 Å². The average Bonchev–Trinajstić information content (AvgIpc) is 3.14. The first-order chi connectivity index (χ1) is 28.1. The number of carbonyl (C=O) groups is 3. The molecular formula is C42H45F7IN3O7S. The van der Waals surface area contributed by atoms with Crippen molar-refractivity contribution in [3.8, 4) is 5.75 Å². The van der Waals surface area contributed by atoms with Crippen molar-refractivity contribution in [1.82, 2.24) is 10.6 Å². The van der Waals surface area contributed by atoms with E-state index in [1.165, 1.54) is 39.2 Å². The molecule has 4 rings (SSSR count). The quantitative estimate of drug-likeness (QED) is 0.0898. The number of anilines is 1. The molecule has 0 bridgehead atoms. The van der Waals surface area contributed by atoms with Crippen LogP contribution in [0.4, 0.5) is 36.4 Å². The van der Waals surface area contributed by atoms with Gasteiger partial charge < -0.3 is 25.4 Å². The molecule has 1 unspecified atom stereocenters. The van der Waals surface area contributed by atoms with Crippen LogP contribution in [0, 0.1) is 24.3 Å². The van der Waals surface area contributed by atoms with Crippen LogP contribution >= 0.6 is 22.6 Å². The van der Waals surface area contributed by atoms with Gasteiger partial charge in [-0.3, -0.25) is 14.4 Å². The molecule has 332 valence electrons. The Hall–Kier alpha value is -4.76. The fourth-order valence-corrected chi connectivity index (χ4v) is 8.27. The molecule has 0 heterocycles. The minimum Gasteiger partial charge on any atom is -0.489 e. The Morgan fingerprint density at radius 1 is 0.803 bits per heavy atom. The van der Waals surface area contributed by atoms with Gasteiger partial charge in [0.15, 0.2) is 6.10 Å². The van der Waals surface area contributed by atoms with E-state index < -0.39 is 62.6 Å². The van der Waals surface area contributed by atoms with Crippen LogP contribution in [0.15, 0.2) is 78.9 Å². The smallest absolute Gasteiger partial charge is 0.435 e. The van der Waals surface area contributed by atoms with Gasteiger partial charge in [0.2, 0.25) is 0 Å². The third kappa shape index (κ3) is 12.9. The molecule has 0 spiro atoms. The van der Waals surface area contributed by atoms with E-state index in [1.54, 1.807) is 29.6 Å². The predicted molar refractivity (Wildman–Crippen MR) is 225 cm³/mol. The Bertz CT molecular complexity index is 2340. The van der Waals surface area contributed by atoms with Crippen molar-refractivity contribution in [1.29, 1.82) is 0 Å². The van der Waals surface area contributed by atoms with E-state index in [2.05, 4.69) is 22.0 Å². The molecule has 0 aliphatic carbocycles. The molecule has 19 heteroatoms. The predicted octanol–water partition coefficient (Wildman–Crippen LogP) is 9.01. The van der Waals surface area contributed by atoms with E-state index in [-0.39, 0.29) is 34.4 Å². The number of aryl methyl sites for hydroxylation is 3. The molecule has 0 saturated carbocycles. The van der Waals surface area contributed by atoms with Gasteiger partial charge in [0.25, 0.3) is 17.7 Å². The van der Waals surface area contributed by atoms with E-state index in [9.17, 15) is 53.5 Å². The van der Waals surface area contributed by atoms with Gasteiger partial charge in [-0.15, -0.1) is 0 Å². The second-order valence-electron chi connectivity index (χ2n) is 14.7. The van der Waals surface area contributed by atoms with Crippen LogP contribution < -0.4 is 20.7 Å². The average molecular weight is 996 g/mol. The van der Waals surface area contributed by atoms with Crippen molar-refractivity contribution in [3.63, 3.8) is 0 Å². The molecular weight excluding hydrogens is 950 g/mol. The molecule has 0 aliphatic heterocycles. The summed E-state index contributed by atoms with van der Waals surface area (Å²) in [5.74, 6) is -1.46. The first-order valence-corrected chi connectivity index (χ1v) is 21.3. The summed E-state index contributed by atoms with van der Waals surface area (Å²) in [6.45, 7) is 8.42. The fourth-order valence-electron chi connectivity index (χ4n) is 6.15. The molecule has 4 aromatic carbocycles. The van der Waals surface area contributed by atoms with Gasteiger partial charge in [0, 0.05) is 40.8 Å². The van der Waals surface area contributed by atoms with E-state index in [4.69, 9.17) is 9.47 Å².